The Balaban J connectivity index is -0.0000000200. The van der Waals surface area contributed by atoms with Crippen LogP contribution in [-0.4, -0.2) is 6.41 Å². The van der Waals surface area contributed by atoms with Crippen LogP contribution < -0.4 is 0 Å². The van der Waals surface area contributed by atoms with Gasteiger partial charge in [-0.05, 0) is 0 Å². The van der Waals surface area contributed by atoms with E-state index in [1.165, 1.54) is 0 Å². The molecule has 0 aromatic rings. The average molecular weight is 317 g/mol. The van der Waals surface area contributed by atoms with Crippen molar-refractivity contribution in [3.8, 4) is 0 Å². The van der Waals surface area contributed by atoms with Gasteiger partial charge in [0, 0.05) is 60.2 Å². The molecular formula is CH2NOWY-. The Hall–Kier alpha value is 1.26. The largest absolute Gasteiger partial charge is 0.671 e. The molecule has 0 aliphatic rings. The van der Waals surface area contributed by atoms with Crippen LogP contribution in [0, 0.1) is 0 Å². The summed E-state index contributed by atoms with van der Waals surface area (Å²) in [4.78, 5) is 8.47. The number of rotatable bonds is 0. The second kappa shape index (κ2) is 18.7. The minimum atomic E-state index is 0. The van der Waals surface area contributed by atoms with Gasteiger partial charge in [0.25, 0.3) is 0 Å². The molecule has 5 heavy (non-hydrogen) atoms. The van der Waals surface area contributed by atoms with Gasteiger partial charge in [-0.15, -0.1) is 0 Å². The number of hydrogen-bond donors (Lipinski definition) is 0. The van der Waals surface area contributed by atoms with Crippen molar-refractivity contribution in [2.24, 2.45) is 0 Å². The van der Waals surface area contributed by atoms with Gasteiger partial charge in [0.2, 0.25) is 0 Å². The van der Waals surface area contributed by atoms with Crippen molar-refractivity contribution >= 4 is 6.41 Å². The summed E-state index contributed by atoms with van der Waals surface area (Å²) in [7, 11) is 0. The summed E-state index contributed by atoms with van der Waals surface area (Å²) in [5.74, 6) is 0. The van der Waals surface area contributed by atoms with Crippen molar-refractivity contribution in [3.63, 3.8) is 0 Å². The van der Waals surface area contributed by atoms with Gasteiger partial charge in [0.1, 0.15) is 0 Å². The Kier molecular flexibility index (Phi) is 60.9. The molecule has 0 fully saturated rings. The van der Waals surface area contributed by atoms with Crippen LogP contribution in [0.1, 0.15) is 0 Å². The van der Waals surface area contributed by atoms with Crippen LogP contribution in [0.25, 0.3) is 5.73 Å². The Morgan fingerprint density at radius 2 is 1.60 bits per heavy atom. The van der Waals surface area contributed by atoms with Gasteiger partial charge in [-0.25, -0.2) is 0 Å². The van der Waals surface area contributed by atoms with E-state index < -0.39 is 0 Å². The molecule has 0 bridgehead atoms. The Labute approximate surface area is 70.0 Å². The first-order valence-electron chi connectivity index (χ1n) is 0.524. The van der Waals surface area contributed by atoms with Gasteiger partial charge in [0.15, 0.2) is 0 Å². The van der Waals surface area contributed by atoms with Gasteiger partial charge in [-0.2, -0.15) is 0 Å². The molecule has 0 heterocycles. The van der Waals surface area contributed by atoms with Crippen molar-refractivity contribution < 1.29 is 58.6 Å². The fraction of sp³-hybridized carbons (Fsp3) is 0. The predicted octanol–water partition coefficient (Wildman–Crippen LogP) is 0.190. The minimum absolute atomic E-state index is 0. The summed E-state index contributed by atoms with van der Waals surface area (Å²) in [6.45, 7) is 0. The van der Waals surface area contributed by atoms with Crippen LogP contribution in [0.2, 0.25) is 0 Å². The molecule has 0 atom stereocenters. The molecule has 0 aromatic heterocycles. The van der Waals surface area contributed by atoms with Crippen LogP contribution in [0.4, 0.5) is 0 Å². The predicted molar refractivity (Wildman–Crippen MR) is 10.4 cm³/mol. The van der Waals surface area contributed by atoms with E-state index >= 15 is 0 Å². The molecule has 0 saturated carbocycles. The maximum atomic E-state index is 8.47. The Morgan fingerprint density at radius 1 is 1.60 bits per heavy atom. The second-order valence-electron chi connectivity index (χ2n) is 0.118. The summed E-state index contributed by atoms with van der Waals surface area (Å²) in [5.41, 5.74) is 5.53. The summed E-state index contributed by atoms with van der Waals surface area (Å²) in [6.07, 6.45) is 0. The van der Waals surface area contributed by atoms with E-state index in [0.717, 1.165) is 0 Å². The van der Waals surface area contributed by atoms with E-state index in [4.69, 9.17) is 10.5 Å². The zero-order valence-electron chi connectivity index (χ0n) is 2.47. The van der Waals surface area contributed by atoms with E-state index in [9.17, 15) is 0 Å². The first-order chi connectivity index (χ1) is 1.41. The van der Waals surface area contributed by atoms with Crippen LogP contribution in [0.5, 0.6) is 0 Å². The summed E-state index contributed by atoms with van der Waals surface area (Å²) >= 11 is 0. The molecule has 0 aliphatic heterocycles. The van der Waals surface area contributed by atoms with Crippen molar-refractivity contribution in [2.45, 2.75) is 0 Å². The monoisotopic (exact) mass is 317 g/mol. The SMILES string of the molecule is [NH-]C=O.[W].[Y]. The smallest absolute Gasteiger partial charge is 0.0344 e. The van der Waals surface area contributed by atoms with Gasteiger partial charge < -0.3 is 10.5 Å². The number of carbonyl (C=O) groups excluding carboxylic acids is 1. The molecule has 0 saturated heterocycles. The number of amides is 1. The molecule has 0 rings (SSSR count). The first kappa shape index (κ1) is 16.3. The minimum Gasteiger partial charge on any atom is -0.671 e. The number of hydrogen-bond acceptors (Lipinski definition) is 1. The molecule has 1 amide bonds. The van der Waals surface area contributed by atoms with Crippen molar-refractivity contribution in [1.29, 1.82) is 0 Å². The summed E-state index contributed by atoms with van der Waals surface area (Å²) in [6, 6.07) is 0. The number of carbonyl (C=O) groups is 1. The van der Waals surface area contributed by atoms with E-state index in [2.05, 4.69) is 0 Å². The molecule has 2 nitrogen and oxygen atoms in total. The molecular weight excluding hydrogens is 315 g/mol. The van der Waals surface area contributed by atoms with E-state index in [1.54, 1.807) is 0 Å². The molecule has 1 radical (unpaired) electrons. The number of nitrogens with one attached hydrogen (secondary N) is 1. The normalized spacial score (nSPS) is 2.40. The van der Waals surface area contributed by atoms with Crippen molar-refractivity contribution in [1.82, 2.24) is 0 Å². The van der Waals surface area contributed by atoms with Gasteiger partial charge in [0.05, 0.1) is 0 Å². The first-order valence-corrected chi connectivity index (χ1v) is 0.524. The Morgan fingerprint density at radius 3 is 1.60 bits per heavy atom. The molecule has 1 N–H and O–H groups in total. The third kappa shape index (κ3) is 35.2. The zero-order chi connectivity index (χ0) is 2.71. The maximum absolute atomic E-state index is 8.47. The molecule has 0 aliphatic carbocycles. The quantitative estimate of drug-likeness (QED) is 0.588. The molecule has 0 spiro atoms. The molecule has 0 aromatic carbocycles. The third-order valence-electron chi connectivity index (χ3n) is 0. The fourth-order valence-corrected chi connectivity index (χ4v) is 0. The van der Waals surface area contributed by atoms with Gasteiger partial charge in [-0.3, -0.25) is 0 Å². The van der Waals surface area contributed by atoms with E-state index in [1.807, 2.05) is 0 Å². The van der Waals surface area contributed by atoms with Crippen LogP contribution in [0.15, 0.2) is 0 Å². The van der Waals surface area contributed by atoms with Gasteiger partial charge >= 0.3 is 0 Å². The fourth-order valence-electron chi connectivity index (χ4n) is 0. The Bertz CT molecular complexity index is 19.1. The average Bonchev–Trinajstić information content (AvgIpc) is 0.918. The summed E-state index contributed by atoms with van der Waals surface area (Å²) in [5, 5.41) is 0. The van der Waals surface area contributed by atoms with Crippen LogP contribution in [0.3, 0.4) is 0 Å². The van der Waals surface area contributed by atoms with Crippen LogP contribution >= 0.6 is 0 Å². The summed E-state index contributed by atoms with van der Waals surface area (Å²) < 4.78 is 0. The van der Waals surface area contributed by atoms with Crippen LogP contribution in [-0.2, 0) is 58.6 Å². The molecule has 4 heteroatoms. The zero-order valence-corrected chi connectivity index (χ0v) is 8.24. The van der Waals surface area contributed by atoms with E-state index in [0.29, 0.717) is 0 Å². The van der Waals surface area contributed by atoms with Crippen molar-refractivity contribution in [2.75, 3.05) is 0 Å². The van der Waals surface area contributed by atoms with E-state index in [-0.39, 0.29) is 60.2 Å². The standard InChI is InChI=1S/CH3NO.W.Y/c2-1-3;;/h1H,(H2,2,3);;/p-1. The third-order valence-corrected chi connectivity index (χ3v) is 0. The maximum Gasteiger partial charge on any atom is 0.0344 e. The van der Waals surface area contributed by atoms with Gasteiger partial charge in [-0.1, -0.05) is 0 Å². The van der Waals surface area contributed by atoms with Crippen molar-refractivity contribution in [3.05, 3.63) is 5.73 Å². The topological polar surface area (TPSA) is 40.9 Å². The molecule has 27 valence electrons. The molecule has 0 unspecified atom stereocenters. The second-order valence-corrected chi connectivity index (χ2v) is 0.118.